The Kier molecular flexibility index (Phi) is 9.45. The number of nitrogens with zero attached hydrogens (tertiary/aromatic N) is 3. The Labute approximate surface area is 233 Å². The van der Waals surface area contributed by atoms with Crippen LogP contribution in [0.25, 0.3) is 0 Å². The first-order valence-electron chi connectivity index (χ1n) is 12.2. The van der Waals surface area contributed by atoms with Crippen molar-refractivity contribution in [2.24, 2.45) is 5.92 Å². The molecule has 4 rings (SSSR count). The van der Waals surface area contributed by atoms with E-state index in [0.29, 0.717) is 39.8 Å². The van der Waals surface area contributed by atoms with Gasteiger partial charge in [0.25, 0.3) is 0 Å². The van der Waals surface area contributed by atoms with E-state index in [1.54, 1.807) is 17.6 Å². The molecule has 12 heteroatoms. The summed E-state index contributed by atoms with van der Waals surface area (Å²) in [7, 11) is 0. The molecule has 1 aliphatic rings. The van der Waals surface area contributed by atoms with E-state index in [9.17, 15) is 14.0 Å². The van der Waals surface area contributed by atoms with Gasteiger partial charge >= 0.3 is 5.97 Å². The van der Waals surface area contributed by atoms with Crippen LogP contribution in [-0.2, 0) is 35.5 Å². The van der Waals surface area contributed by atoms with Gasteiger partial charge in [-0.2, -0.15) is 0 Å². The zero-order chi connectivity index (χ0) is 27.2. The fourth-order valence-corrected chi connectivity index (χ4v) is 6.53. The van der Waals surface area contributed by atoms with Crippen molar-refractivity contribution in [1.82, 2.24) is 14.8 Å². The van der Waals surface area contributed by atoms with Crippen LogP contribution in [0.15, 0.2) is 36.0 Å². The SMILES string of the molecule is C=CCn1c(COc2ccc(F)cc2Cl)nnc1SCC(=O)Nc1sc2c(c1C(=O)OCC)CCC(C)C2. The van der Waals surface area contributed by atoms with Crippen molar-refractivity contribution in [3.8, 4) is 5.75 Å². The highest BCUT2D eigenvalue weighted by molar-refractivity contribution is 7.99. The summed E-state index contributed by atoms with van der Waals surface area (Å²) in [6.45, 7) is 8.44. The number of carbonyl (C=O) groups excluding carboxylic acids is 2. The number of anilines is 1. The van der Waals surface area contributed by atoms with E-state index in [2.05, 4.69) is 29.0 Å². The molecule has 0 fully saturated rings. The van der Waals surface area contributed by atoms with Crippen LogP contribution in [0.5, 0.6) is 5.75 Å². The zero-order valence-corrected chi connectivity index (χ0v) is 23.5. The molecular formula is C26H28ClFN4O4S2. The highest BCUT2D eigenvalue weighted by Gasteiger charge is 2.29. The summed E-state index contributed by atoms with van der Waals surface area (Å²) in [4.78, 5) is 26.8. The quantitative estimate of drug-likeness (QED) is 0.171. The number of ether oxygens (including phenoxy) is 2. The predicted molar refractivity (Wildman–Crippen MR) is 147 cm³/mol. The molecule has 1 N–H and O–H groups in total. The van der Waals surface area contributed by atoms with Gasteiger partial charge in [-0.05, 0) is 55.9 Å². The molecule has 1 unspecified atom stereocenters. The Balaban J connectivity index is 1.44. The molecule has 0 saturated carbocycles. The highest BCUT2D eigenvalue weighted by atomic mass is 35.5. The molecule has 8 nitrogen and oxygen atoms in total. The smallest absolute Gasteiger partial charge is 0.341 e. The van der Waals surface area contributed by atoms with Crippen molar-refractivity contribution in [3.05, 3.63) is 63.5 Å². The monoisotopic (exact) mass is 578 g/mol. The van der Waals surface area contributed by atoms with Crippen LogP contribution in [0.2, 0.25) is 5.02 Å². The molecule has 0 spiro atoms. The molecule has 0 saturated heterocycles. The molecule has 0 radical (unpaired) electrons. The Morgan fingerprint density at radius 1 is 1.39 bits per heavy atom. The van der Waals surface area contributed by atoms with Gasteiger partial charge in [0.15, 0.2) is 11.0 Å². The summed E-state index contributed by atoms with van der Waals surface area (Å²) < 4.78 is 26.1. The standard InChI is InChI=1S/C26H28ClFN4O4S2/c1-4-10-32-21(13-36-19-9-7-16(28)12-18(19)27)30-31-26(32)37-14-22(33)29-24-23(25(34)35-5-2)17-8-6-15(3)11-20(17)38-24/h4,7,9,12,15H,1,5-6,8,10-11,13-14H2,2-3H3,(H,29,33). The lowest BCUT2D eigenvalue weighted by molar-refractivity contribution is -0.113. The topological polar surface area (TPSA) is 95.3 Å². The van der Waals surface area contributed by atoms with Crippen molar-refractivity contribution in [1.29, 1.82) is 0 Å². The molecule has 0 aliphatic heterocycles. The van der Waals surface area contributed by atoms with Gasteiger partial charge in [0.05, 0.1) is 22.9 Å². The van der Waals surface area contributed by atoms with E-state index >= 15 is 0 Å². The third kappa shape index (κ3) is 6.57. The average molecular weight is 579 g/mol. The molecule has 1 atom stereocenters. The van der Waals surface area contributed by atoms with E-state index < -0.39 is 11.8 Å². The van der Waals surface area contributed by atoms with Gasteiger partial charge in [0.2, 0.25) is 5.91 Å². The van der Waals surface area contributed by atoms with E-state index in [4.69, 9.17) is 21.1 Å². The summed E-state index contributed by atoms with van der Waals surface area (Å²) in [5.41, 5.74) is 1.47. The maximum absolute atomic E-state index is 13.3. The van der Waals surface area contributed by atoms with Crippen LogP contribution in [0.3, 0.4) is 0 Å². The number of carbonyl (C=O) groups is 2. The largest absolute Gasteiger partial charge is 0.484 e. The fourth-order valence-electron chi connectivity index (χ4n) is 4.13. The molecule has 1 aliphatic carbocycles. The summed E-state index contributed by atoms with van der Waals surface area (Å²) >= 11 is 8.70. The van der Waals surface area contributed by atoms with Gasteiger partial charge in [0.1, 0.15) is 23.2 Å². The predicted octanol–water partition coefficient (Wildman–Crippen LogP) is 5.93. The Morgan fingerprint density at radius 3 is 2.95 bits per heavy atom. The molecule has 1 aromatic carbocycles. The second-order valence-corrected chi connectivity index (χ2v) is 11.2. The second kappa shape index (κ2) is 12.8. The van der Waals surface area contributed by atoms with Crippen molar-refractivity contribution >= 4 is 51.6 Å². The molecule has 3 aromatic rings. The van der Waals surface area contributed by atoms with Gasteiger partial charge in [-0.1, -0.05) is 36.4 Å². The molecule has 202 valence electrons. The van der Waals surface area contributed by atoms with Crippen LogP contribution >= 0.6 is 34.7 Å². The van der Waals surface area contributed by atoms with E-state index in [-0.39, 0.29) is 29.9 Å². The van der Waals surface area contributed by atoms with Crippen LogP contribution in [0.4, 0.5) is 9.39 Å². The number of nitrogens with one attached hydrogen (secondary N) is 1. The lowest BCUT2D eigenvalue weighted by Gasteiger charge is -2.18. The van der Waals surface area contributed by atoms with E-state index in [0.717, 1.165) is 29.7 Å². The summed E-state index contributed by atoms with van der Waals surface area (Å²) in [5.74, 6) is 0.277. The Bertz CT molecular complexity index is 1340. The number of amides is 1. The molecule has 0 bridgehead atoms. The van der Waals surface area contributed by atoms with Gasteiger partial charge in [-0.3, -0.25) is 9.36 Å². The van der Waals surface area contributed by atoms with Crippen molar-refractivity contribution in [2.45, 2.75) is 51.4 Å². The molecule has 2 heterocycles. The molecule has 1 amide bonds. The highest BCUT2D eigenvalue weighted by Crippen LogP contribution is 2.40. The van der Waals surface area contributed by atoms with Crippen LogP contribution < -0.4 is 10.1 Å². The second-order valence-electron chi connectivity index (χ2n) is 8.77. The third-order valence-corrected chi connectivity index (χ3v) is 8.36. The van der Waals surface area contributed by atoms with Crippen LogP contribution in [0, 0.1) is 11.7 Å². The van der Waals surface area contributed by atoms with Gasteiger partial charge < -0.3 is 14.8 Å². The minimum absolute atomic E-state index is 0.0427. The van der Waals surface area contributed by atoms with Gasteiger partial charge in [-0.15, -0.1) is 28.1 Å². The number of hydrogen-bond donors (Lipinski definition) is 1. The van der Waals surface area contributed by atoms with Gasteiger partial charge in [0, 0.05) is 11.4 Å². The minimum atomic E-state index is -0.458. The number of fused-ring (bicyclic) bond motifs is 1. The van der Waals surface area contributed by atoms with Crippen molar-refractivity contribution in [2.75, 3.05) is 17.7 Å². The first-order valence-corrected chi connectivity index (χ1v) is 14.3. The van der Waals surface area contributed by atoms with E-state index in [1.807, 2.05) is 0 Å². The number of esters is 1. The Hall–Kier alpha value is -2.89. The minimum Gasteiger partial charge on any atom is -0.484 e. The van der Waals surface area contributed by atoms with Crippen LogP contribution in [-0.4, -0.2) is 39.0 Å². The number of rotatable bonds is 11. The average Bonchev–Trinajstić information content (AvgIpc) is 3.42. The number of hydrogen-bond acceptors (Lipinski definition) is 8. The molecule has 38 heavy (non-hydrogen) atoms. The number of aromatic nitrogens is 3. The van der Waals surface area contributed by atoms with Crippen LogP contribution in [0.1, 0.15) is 46.9 Å². The summed E-state index contributed by atoms with van der Waals surface area (Å²) in [5, 5.41) is 12.5. The Morgan fingerprint density at radius 2 is 2.21 bits per heavy atom. The normalized spacial score (nSPS) is 14.6. The maximum Gasteiger partial charge on any atom is 0.341 e. The van der Waals surface area contributed by atoms with Gasteiger partial charge in [-0.25, -0.2) is 9.18 Å². The lowest BCUT2D eigenvalue weighted by Crippen LogP contribution is -2.18. The zero-order valence-electron chi connectivity index (χ0n) is 21.1. The number of halogens is 2. The first-order chi connectivity index (χ1) is 18.3. The number of thioether (sulfide) groups is 1. The van der Waals surface area contributed by atoms with E-state index in [1.165, 1.54) is 41.3 Å². The molecule has 2 aromatic heterocycles. The third-order valence-electron chi connectivity index (χ3n) is 5.93. The fraction of sp³-hybridized carbons (Fsp3) is 0.385. The number of thiophene rings is 1. The lowest BCUT2D eigenvalue weighted by atomic mass is 9.88. The summed E-state index contributed by atoms with van der Waals surface area (Å²) in [6, 6.07) is 3.87. The maximum atomic E-state index is 13.3. The number of benzene rings is 1. The van der Waals surface area contributed by atoms with Crippen molar-refractivity contribution < 1.29 is 23.5 Å². The first kappa shape index (κ1) is 28.1. The number of allylic oxidation sites excluding steroid dienone is 1. The van der Waals surface area contributed by atoms with Crippen molar-refractivity contribution in [3.63, 3.8) is 0 Å². The summed E-state index contributed by atoms with van der Waals surface area (Å²) in [6.07, 6.45) is 4.36. The molecular weight excluding hydrogens is 551 g/mol.